The van der Waals surface area contributed by atoms with Gasteiger partial charge < -0.3 is 9.47 Å². The summed E-state index contributed by atoms with van der Waals surface area (Å²) >= 11 is 1.78. The second-order valence-corrected chi connectivity index (χ2v) is 5.57. The third-order valence-electron chi connectivity index (χ3n) is 3.45. The monoisotopic (exact) mass is 272 g/mol. The smallest absolute Gasteiger partial charge is 0.114 e. The van der Waals surface area contributed by atoms with Crippen molar-refractivity contribution in [3.05, 3.63) is 59.7 Å². The zero-order valence-corrected chi connectivity index (χ0v) is 11.8. The first-order valence-electron chi connectivity index (χ1n) is 6.26. The zero-order valence-electron chi connectivity index (χ0n) is 11.0. The van der Waals surface area contributed by atoms with Crippen molar-refractivity contribution < 1.29 is 9.47 Å². The minimum absolute atomic E-state index is 0.0719. The number of methoxy groups -OCH3 is 2. The first-order valence-corrected chi connectivity index (χ1v) is 7.08. The molecule has 1 heterocycles. The van der Waals surface area contributed by atoms with E-state index in [4.69, 9.17) is 9.47 Å². The highest BCUT2D eigenvalue weighted by atomic mass is 32.2. The molecule has 2 aromatic carbocycles. The Labute approximate surface area is 117 Å². The van der Waals surface area contributed by atoms with Crippen molar-refractivity contribution in [3.8, 4) is 0 Å². The van der Waals surface area contributed by atoms with Crippen LogP contribution in [0.3, 0.4) is 0 Å². The van der Waals surface area contributed by atoms with Gasteiger partial charge in [0.15, 0.2) is 0 Å². The second-order valence-electron chi connectivity index (χ2n) is 4.49. The van der Waals surface area contributed by atoms with E-state index in [9.17, 15) is 0 Å². The van der Waals surface area contributed by atoms with Gasteiger partial charge in [0.25, 0.3) is 0 Å². The van der Waals surface area contributed by atoms with Gasteiger partial charge in [0, 0.05) is 24.0 Å². The molecule has 2 nitrogen and oxygen atoms in total. The molecule has 3 rings (SSSR count). The van der Waals surface area contributed by atoms with Gasteiger partial charge in [0.2, 0.25) is 0 Å². The predicted octanol–water partition coefficient (Wildman–Crippen LogP) is 4.23. The molecule has 2 aromatic rings. The molecule has 0 bridgehead atoms. The van der Waals surface area contributed by atoms with Crippen LogP contribution in [-0.4, -0.2) is 14.2 Å². The second kappa shape index (κ2) is 5.37. The summed E-state index contributed by atoms with van der Waals surface area (Å²) in [4.78, 5) is 2.47. The van der Waals surface area contributed by atoms with Gasteiger partial charge in [-0.3, -0.25) is 0 Å². The highest BCUT2D eigenvalue weighted by Gasteiger charge is 2.31. The molecule has 19 heavy (non-hydrogen) atoms. The molecule has 0 N–H and O–H groups in total. The summed E-state index contributed by atoms with van der Waals surface area (Å²) < 4.78 is 11.4. The van der Waals surface area contributed by atoms with Crippen LogP contribution in [0.1, 0.15) is 23.3 Å². The largest absolute Gasteiger partial charge is 0.374 e. The van der Waals surface area contributed by atoms with Crippen LogP contribution in [0.4, 0.5) is 0 Å². The standard InChI is InChI=1S/C16H16O2S/c1-17-15-11-7-3-5-9-13(11)19-14-10-6-4-8-12(14)16(15)18-2/h3-10,15-16H,1-2H3/t15-,16-/m1/s1. The van der Waals surface area contributed by atoms with E-state index in [1.165, 1.54) is 20.9 Å². The molecule has 0 aliphatic carbocycles. The maximum Gasteiger partial charge on any atom is 0.114 e. The summed E-state index contributed by atoms with van der Waals surface area (Å²) in [6, 6.07) is 16.7. The average molecular weight is 272 g/mol. The number of fused-ring (bicyclic) bond motifs is 2. The van der Waals surface area contributed by atoms with E-state index >= 15 is 0 Å². The third-order valence-corrected chi connectivity index (χ3v) is 4.64. The zero-order chi connectivity index (χ0) is 13.2. The van der Waals surface area contributed by atoms with E-state index in [1.807, 2.05) is 12.1 Å². The van der Waals surface area contributed by atoms with E-state index in [2.05, 4.69) is 36.4 Å². The van der Waals surface area contributed by atoms with Gasteiger partial charge in [0.1, 0.15) is 12.2 Å². The van der Waals surface area contributed by atoms with Crippen molar-refractivity contribution in [2.45, 2.75) is 22.0 Å². The normalized spacial score (nSPS) is 21.4. The fourth-order valence-electron chi connectivity index (χ4n) is 2.56. The molecule has 0 spiro atoms. The fraction of sp³-hybridized carbons (Fsp3) is 0.250. The molecule has 0 radical (unpaired) electrons. The molecule has 0 aromatic heterocycles. The minimum atomic E-state index is -0.0719. The molecule has 0 unspecified atom stereocenters. The lowest BCUT2D eigenvalue weighted by atomic mass is 9.98. The fourth-order valence-corrected chi connectivity index (χ4v) is 3.70. The summed E-state index contributed by atoms with van der Waals surface area (Å²) in [6.45, 7) is 0. The summed E-state index contributed by atoms with van der Waals surface area (Å²) in [5.41, 5.74) is 2.39. The molecule has 0 amide bonds. The lowest BCUT2D eigenvalue weighted by Gasteiger charge is -2.25. The summed E-state index contributed by atoms with van der Waals surface area (Å²) in [7, 11) is 3.48. The van der Waals surface area contributed by atoms with Crippen LogP contribution >= 0.6 is 11.8 Å². The topological polar surface area (TPSA) is 18.5 Å². The van der Waals surface area contributed by atoms with Crippen molar-refractivity contribution in [1.29, 1.82) is 0 Å². The molecule has 3 heteroatoms. The number of benzene rings is 2. The quantitative estimate of drug-likeness (QED) is 0.815. The number of hydrogen-bond donors (Lipinski definition) is 0. The van der Waals surface area contributed by atoms with E-state index in [0.29, 0.717) is 0 Å². The number of ether oxygens (including phenoxy) is 2. The highest BCUT2D eigenvalue weighted by Crippen LogP contribution is 2.47. The van der Waals surface area contributed by atoms with Crippen molar-refractivity contribution in [2.24, 2.45) is 0 Å². The molecule has 1 aliphatic rings. The Morgan fingerprint density at radius 2 is 1.16 bits per heavy atom. The molecule has 1 aliphatic heterocycles. The summed E-state index contributed by atoms with van der Waals surface area (Å²) in [5, 5.41) is 0. The first-order chi connectivity index (χ1) is 9.35. The molecular weight excluding hydrogens is 256 g/mol. The van der Waals surface area contributed by atoms with Gasteiger partial charge in [-0.25, -0.2) is 0 Å². The van der Waals surface area contributed by atoms with Crippen molar-refractivity contribution in [2.75, 3.05) is 14.2 Å². The molecule has 98 valence electrons. The van der Waals surface area contributed by atoms with Crippen LogP contribution in [0.15, 0.2) is 58.3 Å². The van der Waals surface area contributed by atoms with Crippen LogP contribution in [0, 0.1) is 0 Å². The van der Waals surface area contributed by atoms with E-state index in [-0.39, 0.29) is 12.2 Å². The van der Waals surface area contributed by atoms with Gasteiger partial charge in [-0.1, -0.05) is 48.2 Å². The molecule has 0 saturated carbocycles. The highest BCUT2D eigenvalue weighted by molar-refractivity contribution is 7.99. The third kappa shape index (κ3) is 2.18. The van der Waals surface area contributed by atoms with Crippen LogP contribution < -0.4 is 0 Å². The number of rotatable bonds is 2. The Balaban J connectivity index is 2.20. The lowest BCUT2D eigenvalue weighted by Crippen LogP contribution is -2.15. The van der Waals surface area contributed by atoms with Gasteiger partial charge >= 0.3 is 0 Å². The Hall–Kier alpha value is -1.29. The van der Waals surface area contributed by atoms with Gasteiger partial charge in [-0.15, -0.1) is 0 Å². The Bertz CT molecular complexity index is 531. The Kier molecular flexibility index (Phi) is 3.60. The molecular formula is C16H16O2S. The van der Waals surface area contributed by atoms with E-state index in [1.54, 1.807) is 26.0 Å². The molecule has 0 saturated heterocycles. The maximum absolute atomic E-state index is 5.72. The number of hydrogen-bond acceptors (Lipinski definition) is 3. The Morgan fingerprint density at radius 3 is 1.58 bits per heavy atom. The van der Waals surface area contributed by atoms with Crippen LogP contribution in [0.25, 0.3) is 0 Å². The van der Waals surface area contributed by atoms with Gasteiger partial charge in [-0.05, 0) is 23.3 Å². The van der Waals surface area contributed by atoms with Crippen LogP contribution in [-0.2, 0) is 9.47 Å². The molecule has 2 atom stereocenters. The van der Waals surface area contributed by atoms with Gasteiger partial charge in [0.05, 0.1) is 0 Å². The molecule has 0 fully saturated rings. The maximum atomic E-state index is 5.72. The Morgan fingerprint density at radius 1 is 0.737 bits per heavy atom. The van der Waals surface area contributed by atoms with Crippen LogP contribution in [0.5, 0.6) is 0 Å². The van der Waals surface area contributed by atoms with Crippen molar-refractivity contribution in [1.82, 2.24) is 0 Å². The van der Waals surface area contributed by atoms with E-state index in [0.717, 1.165) is 0 Å². The van der Waals surface area contributed by atoms with Crippen LogP contribution in [0.2, 0.25) is 0 Å². The predicted molar refractivity (Wildman–Crippen MR) is 76.5 cm³/mol. The van der Waals surface area contributed by atoms with Gasteiger partial charge in [-0.2, -0.15) is 0 Å². The lowest BCUT2D eigenvalue weighted by molar-refractivity contribution is -0.0416. The van der Waals surface area contributed by atoms with Crippen molar-refractivity contribution in [3.63, 3.8) is 0 Å². The SMILES string of the molecule is CO[C@@H]1c2ccccc2Sc2ccccc2[C@H]1OC. The first kappa shape index (κ1) is 12.7. The van der Waals surface area contributed by atoms with E-state index < -0.39 is 0 Å². The average Bonchev–Trinajstić information content (AvgIpc) is 2.60. The summed E-state index contributed by atoms with van der Waals surface area (Å²) in [6.07, 6.45) is -0.144. The van der Waals surface area contributed by atoms with Crippen molar-refractivity contribution >= 4 is 11.8 Å². The summed E-state index contributed by atoms with van der Waals surface area (Å²) in [5.74, 6) is 0. The minimum Gasteiger partial charge on any atom is -0.374 e.